The van der Waals surface area contributed by atoms with Crippen molar-refractivity contribution < 1.29 is 19.0 Å². The molecule has 3 aromatic rings. The number of anilines is 2. The molecule has 0 unspecified atom stereocenters. The van der Waals surface area contributed by atoms with Crippen LogP contribution in [0.1, 0.15) is 23.3 Å². The van der Waals surface area contributed by atoms with Gasteiger partial charge in [0, 0.05) is 12.3 Å². The lowest BCUT2D eigenvalue weighted by atomic mass is 10.2. The standard InChI is InChI=1S/C21H20ClN3O4/c1-27-18-9-8-13(11-15(18)22)23-20-19(21(26)29-12-14-5-4-10-28-14)24-16-6-2-3-7-17(16)25-20/h2-3,6-9,11,14H,4-5,10,12H2,1H3,(H,23,25)/t14-/m0/s1. The van der Waals surface area contributed by atoms with E-state index in [0.29, 0.717) is 39.9 Å². The van der Waals surface area contributed by atoms with Crippen LogP contribution in [0.25, 0.3) is 11.0 Å². The number of carbonyl (C=O) groups is 1. The molecule has 2 aromatic carbocycles. The van der Waals surface area contributed by atoms with Gasteiger partial charge in [0.05, 0.1) is 29.3 Å². The number of hydrogen-bond acceptors (Lipinski definition) is 7. The Kier molecular flexibility index (Phi) is 5.78. The van der Waals surface area contributed by atoms with E-state index in [0.717, 1.165) is 12.8 Å². The Labute approximate surface area is 173 Å². The minimum atomic E-state index is -0.555. The fourth-order valence-electron chi connectivity index (χ4n) is 3.12. The highest BCUT2D eigenvalue weighted by molar-refractivity contribution is 6.32. The van der Waals surface area contributed by atoms with E-state index in [1.165, 1.54) is 0 Å². The Morgan fingerprint density at radius 3 is 2.72 bits per heavy atom. The summed E-state index contributed by atoms with van der Waals surface area (Å²) < 4.78 is 16.1. The van der Waals surface area contributed by atoms with Gasteiger partial charge in [0.2, 0.25) is 0 Å². The van der Waals surface area contributed by atoms with Gasteiger partial charge in [-0.2, -0.15) is 0 Å². The van der Waals surface area contributed by atoms with Crippen molar-refractivity contribution in [1.82, 2.24) is 9.97 Å². The SMILES string of the molecule is COc1ccc(Nc2nc3ccccc3nc2C(=O)OC[C@@H]2CCCO2)cc1Cl. The molecule has 7 nitrogen and oxygen atoms in total. The van der Waals surface area contributed by atoms with Gasteiger partial charge in [-0.15, -0.1) is 0 Å². The molecule has 0 bridgehead atoms. The van der Waals surface area contributed by atoms with Gasteiger partial charge in [-0.25, -0.2) is 14.8 Å². The van der Waals surface area contributed by atoms with E-state index < -0.39 is 5.97 Å². The van der Waals surface area contributed by atoms with Crippen molar-refractivity contribution in [3.8, 4) is 5.75 Å². The summed E-state index contributed by atoms with van der Waals surface area (Å²) in [5, 5.41) is 3.56. The molecule has 4 rings (SSSR count). The van der Waals surface area contributed by atoms with Crippen LogP contribution in [0, 0.1) is 0 Å². The number of nitrogens with one attached hydrogen (secondary N) is 1. The van der Waals surface area contributed by atoms with Gasteiger partial charge in [-0.05, 0) is 43.2 Å². The van der Waals surface area contributed by atoms with Gasteiger partial charge in [0.25, 0.3) is 0 Å². The summed E-state index contributed by atoms with van der Waals surface area (Å²) in [4.78, 5) is 21.8. The van der Waals surface area contributed by atoms with Crippen LogP contribution in [0.5, 0.6) is 5.75 Å². The van der Waals surface area contributed by atoms with Crippen LogP contribution in [0.4, 0.5) is 11.5 Å². The number of para-hydroxylation sites is 2. The van der Waals surface area contributed by atoms with Crippen LogP contribution in [0.15, 0.2) is 42.5 Å². The number of methoxy groups -OCH3 is 1. The molecular formula is C21H20ClN3O4. The molecule has 0 aliphatic carbocycles. The maximum Gasteiger partial charge on any atom is 0.360 e. The average Bonchev–Trinajstić information content (AvgIpc) is 3.25. The van der Waals surface area contributed by atoms with Gasteiger partial charge in [0.15, 0.2) is 11.5 Å². The fraction of sp³-hybridized carbons (Fsp3) is 0.286. The highest BCUT2D eigenvalue weighted by Crippen LogP contribution is 2.29. The van der Waals surface area contributed by atoms with E-state index in [4.69, 9.17) is 25.8 Å². The largest absolute Gasteiger partial charge is 0.495 e. The number of aromatic nitrogens is 2. The summed E-state index contributed by atoms with van der Waals surface area (Å²) in [6.07, 6.45) is 1.79. The molecule has 1 atom stereocenters. The predicted octanol–water partition coefficient (Wildman–Crippen LogP) is 4.37. The zero-order valence-corrected chi connectivity index (χ0v) is 16.6. The Bertz CT molecular complexity index is 1040. The summed E-state index contributed by atoms with van der Waals surface area (Å²) in [5.41, 5.74) is 2.02. The molecule has 1 saturated heterocycles. The number of fused-ring (bicyclic) bond motifs is 1. The highest BCUT2D eigenvalue weighted by Gasteiger charge is 2.22. The lowest BCUT2D eigenvalue weighted by Gasteiger charge is -2.14. The zero-order valence-electron chi connectivity index (χ0n) is 15.9. The normalized spacial score (nSPS) is 16.0. The molecule has 0 radical (unpaired) electrons. The second kappa shape index (κ2) is 8.63. The molecule has 1 aliphatic rings. The second-order valence-corrected chi connectivity index (χ2v) is 7.02. The smallest absolute Gasteiger partial charge is 0.360 e. The predicted molar refractivity (Wildman–Crippen MR) is 110 cm³/mol. The fourth-order valence-corrected chi connectivity index (χ4v) is 3.38. The molecule has 8 heteroatoms. The van der Waals surface area contributed by atoms with E-state index >= 15 is 0 Å². The third-order valence-corrected chi connectivity index (χ3v) is 4.90. The number of hydrogen-bond donors (Lipinski definition) is 1. The summed E-state index contributed by atoms with van der Waals surface area (Å²) in [6.45, 7) is 0.893. The van der Waals surface area contributed by atoms with Crippen LogP contribution >= 0.6 is 11.6 Å². The van der Waals surface area contributed by atoms with Crippen LogP contribution in [-0.4, -0.2) is 42.4 Å². The summed E-state index contributed by atoms with van der Waals surface area (Å²) in [7, 11) is 1.55. The van der Waals surface area contributed by atoms with Crippen molar-refractivity contribution in [1.29, 1.82) is 0 Å². The quantitative estimate of drug-likeness (QED) is 0.600. The Hall–Kier alpha value is -2.90. The molecule has 1 aromatic heterocycles. The molecule has 1 N–H and O–H groups in total. The molecule has 150 valence electrons. The van der Waals surface area contributed by atoms with Crippen molar-refractivity contribution in [3.05, 3.63) is 53.2 Å². The first-order valence-corrected chi connectivity index (χ1v) is 9.68. The molecule has 0 amide bonds. The Balaban J connectivity index is 1.64. The minimum absolute atomic E-state index is 0.0656. The Morgan fingerprint density at radius 2 is 2.03 bits per heavy atom. The van der Waals surface area contributed by atoms with Crippen LogP contribution in [0.2, 0.25) is 5.02 Å². The minimum Gasteiger partial charge on any atom is -0.495 e. The van der Waals surface area contributed by atoms with Crippen molar-refractivity contribution >= 4 is 40.1 Å². The molecule has 29 heavy (non-hydrogen) atoms. The zero-order chi connectivity index (χ0) is 20.2. The first kappa shape index (κ1) is 19.4. The van der Waals surface area contributed by atoms with Crippen molar-refractivity contribution in [2.45, 2.75) is 18.9 Å². The number of carbonyl (C=O) groups excluding carboxylic acids is 1. The number of rotatable bonds is 6. The molecule has 2 heterocycles. The molecular weight excluding hydrogens is 394 g/mol. The number of ether oxygens (including phenoxy) is 3. The van der Waals surface area contributed by atoms with Crippen LogP contribution in [0.3, 0.4) is 0 Å². The van der Waals surface area contributed by atoms with E-state index in [2.05, 4.69) is 15.3 Å². The molecule has 0 spiro atoms. The van der Waals surface area contributed by atoms with Gasteiger partial charge >= 0.3 is 5.97 Å². The van der Waals surface area contributed by atoms with E-state index in [-0.39, 0.29) is 18.4 Å². The van der Waals surface area contributed by atoms with Gasteiger partial charge in [-0.3, -0.25) is 0 Å². The number of esters is 1. The van der Waals surface area contributed by atoms with Crippen LogP contribution in [-0.2, 0) is 9.47 Å². The van der Waals surface area contributed by atoms with Gasteiger partial charge < -0.3 is 19.5 Å². The van der Waals surface area contributed by atoms with Crippen molar-refractivity contribution in [3.63, 3.8) is 0 Å². The summed E-state index contributed by atoms with van der Waals surface area (Å²) in [6, 6.07) is 12.5. The van der Waals surface area contributed by atoms with Crippen LogP contribution < -0.4 is 10.1 Å². The first-order valence-electron chi connectivity index (χ1n) is 9.30. The molecule has 1 aliphatic heterocycles. The summed E-state index contributed by atoms with van der Waals surface area (Å²) in [5.74, 6) is 0.293. The monoisotopic (exact) mass is 413 g/mol. The lowest BCUT2D eigenvalue weighted by Crippen LogP contribution is -2.19. The third kappa shape index (κ3) is 4.41. The maximum atomic E-state index is 12.8. The second-order valence-electron chi connectivity index (χ2n) is 6.62. The average molecular weight is 414 g/mol. The van der Waals surface area contributed by atoms with Gasteiger partial charge in [-0.1, -0.05) is 23.7 Å². The summed E-state index contributed by atoms with van der Waals surface area (Å²) >= 11 is 6.21. The number of benzene rings is 2. The molecule has 1 fully saturated rings. The van der Waals surface area contributed by atoms with Crippen molar-refractivity contribution in [2.24, 2.45) is 0 Å². The third-order valence-electron chi connectivity index (χ3n) is 4.60. The molecule has 0 saturated carbocycles. The number of nitrogens with zero attached hydrogens (tertiary/aromatic N) is 2. The lowest BCUT2D eigenvalue weighted by molar-refractivity contribution is 0.0157. The Morgan fingerprint density at radius 1 is 1.24 bits per heavy atom. The van der Waals surface area contributed by atoms with Gasteiger partial charge in [0.1, 0.15) is 12.4 Å². The first-order chi connectivity index (χ1) is 14.1. The topological polar surface area (TPSA) is 82.6 Å². The van der Waals surface area contributed by atoms with E-state index in [9.17, 15) is 4.79 Å². The van der Waals surface area contributed by atoms with Crippen molar-refractivity contribution in [2.75, 3.05) is 25.6 Å². The van der Waals surface area contributed by atoms with E-state index in [1.807, 2.05) is 18.2 Å². The highest BCUT2D eigenvalue weighted by atomic mass is 35.5. The maximum absolute atomic E-state index is 12.8. The van der Waals surface area contributed by atoms with E-state index in [1.54, 1.807) is 31.4 Å². The number of halogens is 1.